The number of para-hydroxylation sites is 1. The Morgan fingerprint density at radius 2 is 1.45 bits per heavy atom. The average Bonchev–Trinajstić information content (AvgIpc) is 3.16. The number of hydrogen-bond donors (Lipinski definition) is 0. The molecule has 5 heteroatoms. The number of benzene rings is 2. The summed E-state index contributed by atoms with van der Waals surface area (Å²) in [6.07, 6.45) is 0. The molecule has 0 atom stereocenters. The number of carbonyl (C=O) groups is 2. The number of hydrogen-bond acceptors (Lipinski definition) is 4. The summed E-state index contributed by atoms with van der Waals surface area (Å²) in [6.45, 7) is 1.11. The Morgan fingerprint density at radius 1 is 0.864 bits per heavy atom. The van der Waals surface area contributed by atoms with Crippen molar-refractivity contribution in [1.82, 2.24) is 0 Å². The van der Waals surface area contributed by atoms with Crippen LogP contribution in [0.25, 0.3) is 0 Å². The number of imide groups is 1. The summed E-state index contributed by atoms with van der Waals surface area (Å²) >= 11 is 0. The van der Waals surface area contributed by atoms with Gasteiger partial charge in [0, 0.05) is 0 Å². The first-order chi connectivity index (χ1) is 10.8. The van der Waals surface area contributed by atoms with Gasteiger partial charge in [0.1, 0.15) is 6.61 Å². The Bertz CT molecular complexity index is 791. The zero-order valence-corrected chi connectivity index (χ0v) is 11.7. The number of rotatable bonds is 2. The van der Waals surface area contributed by atoms with Crippen LogP contribution in [0.1, 0.15) is 26.3 Å². The van der Waals surface area contributed by atoms with Gasteiger partial charge in [-0.15, -0.1) is 0 Å². The minimum Gasteiger partial charge on any atom is -0.475 e. The molecule has 0 unspecified atom stereocenters. The van der Waals surface area contributed by atoms with Crippen molar-refractivity contribution < 1.29 is 14.3 Å². The molecule has 0 spiro atoms. The lowest BCUT2D eigenvalue weighted by molar-refractivity contribution is 0.0926. The monoisotopic (exact) mass is 292 g/mol. The fourth-order valence-electron chi connectivity index (χ4n) is 2.76. The number of carbonyl (C=O) groups excluding carboxylic acids is 2. The molecule has 2 aliphatic rings. The molecule has 22 heavy (non-hydrogen) atoms. The van der Waals surface area contributed by atoms with E-state index in [2.05, 4.69) is 4.99 Å². The predicted molar refractivity (Wildman–Crippen MR) is 81.4 cm³/mol. The van der Waals surface area contributed by atoms with Crippen molar-refractivity contribution in [3.63, 3.8) is 0 Å². The second kappa shape index (κ2) is 4.80. The molecule has 2 amide bonds. The van der Waals surface area contributed by atoms with Crippen LogP contribution in [-0.4, -0.2) is 30.9 Å². The van der Waals surface area contributed by atoms with Crippen LogP contribution in [0.2, 0.25) is 0 Å². The highest BCUT2D eigenvalue weighted by atomic mass is 16.5. The van der Waals surface area contributed by atoms with Crippen LogP contribution in [0.15, 0.2) is 53.5 Å². The maximum atomic E-state index is 12.6. The van der Waals surface area contributed by atoms with Gasteiger partial charge < -0.3 is 4.74 Å². The van der Waals surface area contributed by atoms with Gasteiger partial charge in [-0.25, -0.2) is 9.89 Å². The SMILES string of the molecule is O=C1c2ccccc2C(=O)N1c1ccccc1C1=NCCO1. The van der Waals surface area contributed by atoms with Crippen LogP contribution in [0, 0.1) is 0 Å². The average molecular weight is 292 g/mol. The third-order valence-electron chi connectivity index (χ3n) is 3.75. The first-order valence-corrected chi connectivity index (χ1v) is 7.02. The van der Waals surface area contributed by atoms with Crippen molar-refractivity contribution in [2.75, 3.05) is 18.1 Å². The highest BCUT2D eigenvalue weighted by molar-refractivity contribution is 6.35. The van der Waals surface area contributed by atoms with Gasteiger partial charge in [0.05, 0.1) is 28.9 Å². The molecule has 2 aliphatic heterocycles. The quantitative estimate of drug-likeness (QED) is 0.798. The molecule has 0 N–H and O–H groups in total. The zero-order chi connectivity index (χ0) is 15.1. The Hall–Kier alpha value is -2.95. The summed E-state index contributed by atoms with van der Waals surface area (Å²) in [5.74, 6) is -0.148. The maximum Gasteiger partial charge on any atom is 0.266 e. The molecular formula is C17H12N2O3. The Balaban J connectivity index is 1.85. The molecule has 2 aromatic carbocycles. The van der Waals surface area contributed by atoms with E-state index in [1.54, 1.807) is 36.4 Å². The van der Waals surface area contributed by atoms with Gasteiger partial charge >= 0.3 is 0 Å². The van der Waals surface area contributed by atoms with Crippen LogP contribution in [0.4, 0.5) is 5.69 Å². The minimum atomic E-state index is -0.313. The molecule has 2 aromatic rings. The van der Waals surface area contributed by atoms with Crippen molar-refractivity contribution in [1.29, 1.82) is 0 Å². The third-order valence-corrected chi connectivity index (χ3v) is 3.75. The summed E-state index contributed by atoms with van der Waals surface area (Å²) in [4.78, 5) is 30.7. The summed E-state index contributed by atoms with van der Waals surface area (Å²) < 4.78 is 5.49. The van der Waals surface area contributed by atoms with E-state index in [0.29, 0.717) is 41.4 Å². The second-order valence-corrected chi connectivity index (χ2v) is 5.04. The van der Waals surface area contributed by atoms with Gasteiger partial charge in [-0.3, -0.25) is 9.59 Å². The molecule has 0 radical (unpaired) electrons. The van der Waals surface area contributed by atoms with Crippen LogP contribution in [0.3, 0.4) is 0 Å². The fraction of sp³-hybridized carbons (Fsp3) is 0.118. The lowest BCUT2D eigenvalue weighted by Crippen LogP contribution is -2.31. The number of anilines is 1. The highest BCUT2D eigenvalue weighted by Crippen LogP contribution is 2.31. The topological polar surface area (TPSA) is 59.0 Å². The lowest BCUT2D eigenvalue weighted by atomic mass is 10.1. The molecule has 4 rings (SSSR count). The first-order valence-electron chi connectivity index (χ1n) is 7.02. The molecule has 108 valence electrons. The molecule has 5 nitrogen and oxygen atoms in total. The Morgan fingerprint density at radius 3 is 2.05 bits per heavy atom. The van der Waals surface area contributed by atoms with Gasteiger partial charge in [0.15, 0.2) is 0 Å². The minimum absolute atomic E-state index is 0.313. The van der Waals surface area contributed by atoms with E-state index < -0.39 is 0 Å². The highest BCUT2D eigenvalue weighted by Gasteiger charge is 2.38. The molecule has 0 aromatic heterocycles. The number of nitrogens with zero attached hydrogens (tertiary/aromatic N) is 2. The van der Waals surface area contributed by atoms with Crippen LogP contribution >= 0.6 is 0 Å². The number of fused-ring (bicyclic) bond motifs is 1. The third kappa shape index (κ3) is 1.75. The van der Waals surface area contributed by atoms with Crippen molar-refractivity contribution >= 4 is 23.4 Å². The molecular weight excluding hydrogens is 280 g/mol. The van der Waals surface area contributed by atoms with Crippen molar-refractivity contribution in [3.05, 3.63) is 65.2 Å². The smallest absolute Gasteiger partial charge is 0.266 e. The van der Waals surface area contributed by atoms with Gasteiger partial charge in [-0.2, -0.15) is 0 Å². The van der Waals surface area contributed by atoms with E-state index in [9.17, 15) is 9.59 Å². The Labute approximate surface area is 126 Å². The first kappa shape index (κ1) is 12.8. The van der Waals surface area contributed by atoms with E-state index >= 15 is 0 Å². The van der Waals surface area contributed by atoms with Crippen LogP contribution < -0.4 is 4.90 Å². The Kier molecular flexibility index (Phi) is 2.79. The summed E-state index contributed by atoms with van der Waals surface area (Å²) in [5, 5.41) is 0. The standard InChI is InChI=1S/C17H12N2O3/c20-16-11-5-1-2-6-12(11)17(21)19(16)14-8-4-3-7-13(14)15-18-9-10-22-15/h1-8H,9-10H2. The normalized spacial score (nSPS) is 16.5. The molecule has 0 saturated heterocycles. The molecule has 0 bridgehead atoms. The number of ether oxygens (including phenoxy) is 1. The maximum absolute atomic E-state index is 12.6. The number of aliphatic imine (C=N–C) groups is 1. The van der Waals surface area contributed by atoms with E-state index in [4.69, 9.17) is 4.74 Å². The molecule has 2 heterocycles. The van der Waals surface area contributed by atoms with E-state index in [1.165, 1.54) is 4.90 Å². The second-order valence-electron chi connectivity index (χ2n) is 5.04. The van der Waals surface area contributed by atoms with E-state index in [0.717, 1.165) is 0 Å². The summed E-state index contributed by atoms with van der Waals surface area (Å²) in [6, 6.07) is 14.0. The van der Waals surface area contributed by atoms with Crippen molar-refractivity contribution in [2.45, 2.75) is 0 Å². The number of amides is 2. The van der Waals surface area contributed by atoms with Crippen molar-refractivity contribution in [3.8, 4) is 0 Å². The van der Waals surface area contributed by atoms with E-state index in [1.807, 2.05) is 12.1 Å². The van der Waals surface area contributed by atoms with Gasteiger partial charge in [0.2, 0.25) is 5.90 Å². The lowest BCUT2D eigenvalue weighted by Gasteiger charge is -2.17. The molecule has 0 saturated carbocycles. The fourth-order valence-corrected chi connectivity index (χ4v) is 2.76. The molecule has 0 aliphatic carbocycles. The predicted octanol–water partition coefficient (Wildman–Crippen LogP) is 2.26. The van der Waals surface area contributed by atoms with Gasteiger partial charge in [0.25, 0.3) is 11.8 Å². The van der Waals surface area contributed by atoms with Crippen LogP contribution in [0.5, 0.6) is 0 Å². The zero-order valence-electron chi connectivity index (χ0n) is 11.7. The van der Waals surface area contributed by atoms with Gasteiger partial charge in [-0.05, 0) is 24.3 Å². The largest absolute Gasteiger partial charge is 0.475 e. The van der Waals surface area contributed by atoms with Gasteiger partial charge in [-0.1, -0.05) is 24.3 Å². The van der Waals surface area contributed by atoms with Crippen molar-refractivity contribution in [2.24, 2.45) is 4.99 Å². The van der Waals surface area contributed by atoms with E-state index in [-0.39, 0.29) is 11.8 Å². The van der Waals surface area contributed by atoms with Crippen LogP contribution in [-0.2, 0) is 4.74 Å². The molecule has 0 fully saturated rings. The summed E-state index contributed by atoms with van der Waals surface area (Å²) in [5.41, 5.74) is 2.03. The summed E-state index contributed by atoms with van der Waals surface area (Å²) in [7, 11) is 0.